The summed E-state index contributed by atoms with van der Waals surface area (Å²) in [6.45, 7) is 5.60. The van der Waals surface area contributed by atoms with Gasteiger partial charge in [-0.1, -0.05) is 12.1 Å². The molecule has 0 radical (unpaired) electrons. The summed E-state index contributed by atoms with van der Waals surface area (Å²) < 4.78 is 27.7. The van der Waals surface area contributed by atoms with Crippen molar-refractivity contribution in [1.29, 1.82) is 0 Å². The molecule has 0 saturated carbocycles. The number of carbonyl (C=O) groups is 1. The number of carbonyl (C=O) groups excluding carboxylic acids is 1. The highest BCUT2D eigenvalue weighted by Gasteiger charge is 2.21. The highest BCUT2D eigenvalue weighted by molar-refractivity contribution is 7.98. The van der Waals surface area contributed by atoms with Gasteiger partial charge in [-0.05, 0) is 63.4 Å². The lowest BCUT2D eigenvalue weighted by atomic mass is 10.1. The number of anilines is 1. The molecule has 0 aliphatic carbocycles. The molecule has 0 heterocycles. The largest absolute Gasteiger partial charge is 0.347 e. The zero-order valence-electron chi connectivity index (χ0n) is 14.7. The molecule has 25 heavy (non-hydrogen) atoms. The molecule has 1 amide bonds. The number of nitrogens with one attached hydrogen (secondary N) is 2. The molecule has 2 aromatic rings. The van der Waals surface area contributed by atoms with E-state index in [1.165, 1.54) is 11.8 Å². The van der Waals surface area contributed by atoms with Crippen LogP contribution in [0.3, 0.4) is 0 Å². The third-order valence-electron chi connectivity index (χ3n) is 3.27. The Labute approximate surface area is 153 Å². The summed E-state index contributed by atoms with van der Waals surface area (Å²) in [7, 11) is -3.78. The van der Waals surface area contributed by atoms with Crippen molar-refractivity contribution in [2.24, 2.45) is 0 Å². The van der Waals surface area contributed by atoms with Gasteiger partial charge in [-0.3, -0.25) is 9.52 Å². The normalized spacial score (nSPS) is 11.8. The van der Waals surface area contributed by atoms with Crippen LogP contribution in [0.4, 0.5) is 5.69 Å². The number of benzene rings is 2. The van der Waals surface area contributed by atoms with Crippen molar-refractivity contribution in [1.82, 2.24) is 5.32 Å². The fourth-order valence-electron chi connectivity index (χ4n) is 2.14. The van der Waals surface area contributed by atoms with Gasteiger partial charge in [-0.2, -0.15) is 0 Å². The van der Waals surface area contributed by atoms with Crippen LogP contribution in [0, 0.1) is 0 Å². The molecule has 2 N–H and O–H groups in total. The Bertz CT molecular complexity index is 855. The van der Waals surface area contributed by atoms with E-state index in [4.69, 9.17) is 0 Å². The highest BCUT2D eigenvalue weighted by Crippen LogP contribution is 2.22. The van der Waals surface area contributed by atoms with Gasteiger partial charge in [0, 0.05) is 10.4 Å². The van der Waals surface area contributed by atoms with Gasteiger partial charge < -0.3 is 5.32 Å². The van der Waals surface area contributed by atoms with E-state index in [0.717, 1.165) is 4.90 Å². The van der Waals surface area contributed by atoms with E-state index in [-0.39, 0.29) is 22.1 Å². The Kier molecular flexibility index (Phi) is 5.80. The number of hydrogen-bond donors (Lipinski definition) is 2. The summed E-state index contributed by atoms with van der Waals surface area (Å²) in [5.74, 6) is -0.330. The van der Waals surface area contributed by atoms with E-state index >= 15 is 0 Å². The van der Waals surface area contributed by atoms with Gasteiger partial charge in [0.15, 0.2) is 0 Å². The van der Waals surface area contributed by atoms with E-state index in [2.05, 4.69) is 10.0 Å². The van der Waals surface area contributed by atoms with Crippen LogP contribution < -0.4 is 10.0 Å². The maximum atomic E-state index is 12.6. The van der Waals surface area contributed by atoms with Crippen molar-refractivity contribution >= 4 is 33.4 Å². The van der Waals surface area contributed by atoms with E-state index in [1.807, 2.05) is 27.0 Å². The lowest BCUT2D eigenvalue weighted by Gasteiger charge is -2.21. The number of rotatable bonds is 5. The SMILES string of the molecule is CSc1ccc(S(=O)(=O)Nc2ccccc2C(=O)NC(C)(C)C)cc1. The minimum atomic E-state index is -3.78. The van der Waals surface area contributed by atoms with Crippen molar-refractivity contribution < 1.29 is 13.2 Å². The van der Waals surface area contributed by atoms with Crippen LogP contribution >= 0.6 is 11.8 Å². The first-order valence-electron chi connectivity index (χ1n) is 7.71. The van der Waals surface area contributed by atoms with Crippen molar-refractivity contribution in [2.75, 3.05) is 11.0 Å². The van der Waals surface area contributed by atoms with E-state index in [9.17, 15) is 13.2 Å². The number of thioether (sulfide) groups is 1. The topological polar surface area (TPSA) is 75.3 Å². The first-order chi connectivity index (χ1) is 11.6. The van der Waals surface area contributed by atoms with Gasteiger partial charge in [0.05, 0.1) is 16.1 Å². The summed E-state index contributed by atoms with van der Waals surface area (Å²) in [6, 6.07) is 13.1. The van der Waals surface area contributed by atoms with E-state index < -0.39 is 15.6 Å². The number of amides is 1. The van der Waals surface area contributed by atoms with Gasteiger partial charge in [0.2, 0.25) is 0 Å². The van der Waals surface area contributed by atoms with Gasteiger partial charge in [-0.25, -0.2) is 8.42 Å². The zero-order chi connectivity index (χ0) is 18.7. The van der Waals surface area contributed by atoms with Crippen molar-refractivity contribution in [3.63, 3.8) is 0 Å². The third kappa shape index (κ3) is 5.24. The molecule has 134 valence electrons. The fourth-order valence-corrected chi connectivity index (χ4v) is 3.62. The maximum Gasteiger partial charge on any atom is 0.261 e. The molecule has 0 saturated heterocycles. The number of sulfonamides is 1. The fraction of sp³-hybridized carbons (Fsp3) is 0.278. The van der Waals surface area contributed by atoms with Crippen LogP contribution in [-0.4, -0.2) is 26.1 Å². The number of para-hydroxylation sites is 1. The van der Waals surface area contributed by atoms with Gasteiger partial charge in [0.1, 0.15) is 0 Å². The second kappa shape index (κ2) is 7.49. The molecule has 5 nitrogen and oxygen atoms in total. The monoisotopic (exact) mass is 378 g/mol. The second-order valence-electron chi connectivity index (χ2n) is 6.53. The summed E-state index contributed by atoms with van der Waals surface area (Å²) >= 11 is 1.54. The smallest absolute Gasteiger partial charge is 0.261 e. The molecule has 0 fully saturated rings. The molecule has 0 bridgehead atoms. The Morgan fingerprint density at radius 2 is 1.60 bits per heavy atom. The van der Waals surface area contributed by atoms with Crippen molar-refractivity contribution in [3.8, 4) is 0 Å². The van der Waals surface area contributed by atoms with Crippen LogP contribution in [-0.2, 0) is 10.0 Å². The first kappa shape index (κ1) is 19.3. The highest BCUT2D eigenvalue weighted by atomic mass is 32.2. The van der Waals surface area contributed by atoms with E-state index in [0.29, 0.717) is 0 Å². The summed E-state index contributed by atoms with van der Waals surface area (Å²) in [4.78, 5) is 13.6. The van der Waals surface area contributed by atoms with Crippen LogP contribution in [0.15, 0.2) is 58.3 Å². The molecule has 0 aliphatic heterocycles. The van der Waals surface area contributed by atoms with Gasteiger partial charge >= 0.3 is 0 Å². The molecule has 0 atom stereocenters. The molecule has 2 rings (SSSR count). The molecule has 0 aliphatic rings. The van der Waals surface area contributed by atoms with Crippen molar-refractivity contribution in [3.05, 3.63) is 54.1 Å². The lowest BCUT2D eigenvalue weighted by Crippen LogP contribution is -2.40. The second-order valence-corrected chi connectivity index (χ2v) is 9.09. The minimum absolute atomic E-state index is 0.149. The van der Waals surface area contributed by atoms with Crippen LogP contribution in [0.1, 0.15) is 31.1 Å². The van der Waals surface area contributed by atoms with Gasteiger partial charge in [-0.15, -0.1) is 11.8 Å². The Balaban J connectivity index is 2.31. The molecule has 7 heteroatoms. The molecule has 0 unspecified atom stereocenters. The van der Waals surface area contributed by atoms with Crippen LogP contribution in [0.2, 0.25) is 0 Å². The molecule has 2 aromatic carbocycles. The Hall–Kier alpha value is -1.99. The minimum Gasteiger partial charge on any atom is -0.347 e. The molecule has 0 spiro atoms. The maximum absolute atomic E-state index is 12.6. The number of hydrogen-bond acceptors (Lipinski definition) is 4. The van der Waals surface area contributed by atoms with Crippen LogP contribution in [0.5, 0.6) is 0 Å². The molecular weight excluding hydrogens is 356 g/mol. The summed E-state index contributed by atoms with van der Waals surface area (Å²) in [6.07, 6.45) is 1.92. The molecule has 0 aromatic heterocycles. The average Bonchev–Trinajstić information content (AvgIpc) is 2.53. The average molecular weight is 379 g/mol. The Morgan fingerprint density at radius 1 is 1.00 bits per heavy atom. The first-order valence-corrected chi connectivity index (χ1v) is 10.4. The predicted molar refractivity (Wildman–Crippen MR) is 103 cm³/mol. The lowest BCUT2D eigenvalue weighted by molar-refractivity contribution is 0.0920. The summed E-state index contributed by atoms with van der Waals surface area (Å²) in [5.41, 5.74) is 0.108. The predicted octanol–water partition coefficient (Wildman–Crippen LogP) is 3.74. The van der Waals surface area contributed by atoms with Crippen LogP contribution in [0.25, 0.3) is 0 Å². The summed E-state index contributed by atoms with van der Waals surface area (Å²) in [5, 5.41) is 2.84. The van der Waals surface area contributed by atoms with Crippen molar-refractivity contribution in [2.45, 2.75) is 36.1 Å². The zero-order valence-corrected chi connectivity index (χ0v) is 16.3. The third-order valence-corrected chi connectivity index (χ3v) is 5.40. The quantitative estimate of drug-likeness (QED) is 0.777. The molecular formula is C18H22N2O3S2. The van der Waals surface area contributed by atoms with E-state index in [1.54, 1.807) is 48.5 Å². The standard InChI is InChI=1S/C18H22N2O3S2/c1-18(2,3)19-17(21)15-7-5-6-8-16(15)20-25(22,23)14-11-9-13(24-4)10-12-14/h5-12,20H,1-4H3,(H,19,21). The van der Waals surface area contributed by atoms with Gasteiger partial charge in [0.25, 0.3) is 15.9 Å². The Morgan fingerprint density at radius 3 is 2.16 bits per heavy atom.